The highest BCUT2D eigenvalue weighted by atomic mass is 16.5. The van der Waals surface area contributed by atoms with E-state index in [9.17, 15) is 0 Å². The van der Waals surface area contributed by atoms with E-state index in [2.05, 4.69) is 348 Å². The number of aromatic amines is 4. The van der Waals surface area contributed by atoms with Crippen molar-refractivity contribution < 1.29 is 18.9 Å². The predicted molar refractivity (Wildman–Crippen MR) is 616 cm³/mol. The van der Waals surface area contributed by atoms with Crippen molar-refractivity contribution in [2.45, 2.75) is 283 Å². The van der Waals surface area contributed by atoms with E-state index in [1.165, 1.54) is 352 Å². The van der Waals surface area contributed by atoms with E-state index >= 15 is 0 Å². The van der Waals surface area contributed by atoms with Crippen molar-refractivity contribution in [3.8, 4) is 34.1 Å². The Balaban J connectivity index is 0.456. The smallest absolute Gasteiger partial charge is 0.119 e. The van der Waals surface area contributed by atoms with Crippen LogP contribution in [0.15, 0.2) is 315 Å². The van der Waals surface area contributed by atoms with Crippen LogP contribution in [0.4, 0.5) is 0 Å². The number of para-hydroxylation sites is 8. The highest BCUT2D eigenvalue weighted by Crippen LogP contribution is 2.39. The normalized spacial score (nSPS) is 11.7. The third kappa shape index (κ3) is 28.8. The molecule has 0 atom stereocenters. The summed E-state index contributed by atoms with van der Waals surface area (Å²) >= 11 is 0. The molecule has 144 heavy (non-hydrogen) atoms. The fourth-order valence-electron chi connectivity index (χ4n) is 22.1. The molecule has 8 nitrogen and oxygen atoms in total. The number of hydrogen-bond acceptors (Lipinski definition) is 4. The van der Waals surface area contributed by atoms with Crippen molar-refractivity contribution in [3.63, 3.8) is 0 Å². The van der Waals surface area contributed by atoms with Crippen LogP contribution in [0.2, 0.25) is 0 Å². The standard InChI is InChI=1S/C136H154N4O4/c1(9-17-25-33-53-111-57-49-65-123-119-61-37-41-69-129(119)137-133(111)123)5-13-21-29-45-97-141-115-89-81-107(82-90-115)127(108-83-91-116(92-84-108)142-98-46-30-22-14-6-2-10-18-26-34-54-112-58-50-66-124-120-62-38-42-70-130(120)138-134(112)124)101-103-73-77-105(78-74-103)106-79-75-104(76-80-106)102-128(109-85-93-117(94-86-109)143-99-47-31-23-15-7-3-11-19-27-35-55-113-59-51-67-125-121-63-39-43-71-131(121)139-135(113)125)110-87-95-118(96-88-110)144-100-48-32-24-16-8-4-12-20-28-36-56-114-60-52-68-126-122-64-40-44-72-132(122)140-136(114)126/h37-44,49-52,57-96,101-102,137-140H,1-36,45-48,53-56,97-100H2. The number of rotatable bonds is 63. The topological polar surface area (TPSA) is 100 Å². The van der Waals surface area contributed by atoms with Crippen LogP contribution in [0, 0.1) is 0 Å². The summed E-state index contributed by atoms with van der Waals surface area (Å²) in [5.74, 6) is 3.68. The van der Waals surface area contributed by atoms with Crippen molar-refractivity contribution in [1.82, 2.24) is 19.9 Å². The summed E-state index contributed by atoms with van der Waals surface area (Å²) in [7, 11) is 0. The molecule has 0 radical (unpaired) electrons. The number of fused-ring (bicyclic) bond motifs is 12. The molecule has 14 aromatic carbocycles. The molecule has 4 N–H and O–H groups in total. The van der Waals surface area contributed by atoms with Crippen molar-refractivity contribution >= 4 is 111 Å². The summed E-state index contributed by atoms with van der Waals surface area (Å²) in [5.41, 5.74) is 27.6. The van der Waals surface area contributed by atoms with Crippen molar-refractivity contribution in [3.05, 3.63) is 371 Å². The quantitative estimate of drug-likeness (QED) is 0.0225. The number of H-pyrrole nitrogens is 4. The number of ether oxygens (including phenoxy) is 4. The molecule has 0 fully saturated rings. The number of aromatic nitrogens is 4. The molecular formula is C136H154N4O4. The minimum Gasteiger partial charge on any atom is -0.494 e. The van der Waals surface area contributed by atoms with E-state index in [0.29, 0.717) is 0 Å². The minimum atomic E-state index is 0.734. The van der Waals surface area contributed by atoms with Gasteiger partial charge in [0.2, 0.25) is 0 Å². The van der Waals surface area contributed by atoms with Crippen LogP contribution in [-0.2, 0) is 25.7 Å². The van der Waals surface area contributed by atoms with E-state index in [-0.39, 0.29) is 0 Å². The van der Waals surface area contributed by atoms with E-state index < -0.39 is 0 Å². The summed E-state index contributed by atoms with van der Waals surface area (Å²) in [6.07, 6.45) is 60.0. The Morgan fingerprint density at radius 1 is 0.167 bits per heavy atom. The molecular weight excluding hydrogens is 1750 g/mol. The lowest BCUT2D eigenvalue weighted by Gasteiger charge is -2.13. The van der Waals surface area contributed by atoms with Crippen molar-refractivity contribution in [2.24, 2.45) is 0 Å². The second-order valence-electron chi connectivity index (χ2n) is 41.0. The third-order valence-corrected chi connectivity index (χ3v) is 30.4. The van der Waals surface area contributed by atoms with Crippen LogP contribution in [0.5, 0.6) is 23.0 Å². The van der Waals surface area contributed by atoms with Crippen molar-refractivity contribution in [1.29, 1.82) is 0 Å². The van der Waals surface area contributed by atoms with Gasteiger partial charge in [0.15, 0.2) is 0 Å². The summed E-state index contributed by atoms with van der Waals surface area (Å²) < 4.78 is 25.7. The Hall–Kier alpha value is -13.0. The average molecular weight is 1910 g/mol. The number of unbranched alkanes of at least 4 members (excludes halogenated alkanes) is 36. The van der Waals surface area contributed by atoms with Crippen LogP contribution in [0.3, 0.4) is 0 Å². The monoisotopic (exact) mass is 1910 g/mol. The predicted octanol–water partition coefficient (Wildman–Crippen LogP) is 39.2. The Labute approximate surface area is 857 Å². The van der Waals surface area contributed by atoms with E-state index in [1.54, 1.807) is 0 Å². The van der Waals surface area contributed by atoms with Crippen LogP contribution in [0.25, 0.3) is 122 Å². The first-order valence-corrected chi connectivity index (χ1v) is 56.0. The number of nitrogens with one attached hydrogen (secondary N) is 4. The Kier molecular flexibility index (Phi) is 38.3. The second-order valence-corrected chi connectivity index (χ2v) is 41.0. The van der Waals surface area contributed by atoms with Gasteiger partial charge in [-0.2, -0.15) is 0 Å². The van der Waals surface area contributed by atoms with E-state index in [0.717, 1.165) is 145 Å². The molecule has 8 heteroatoms. The van der Waals surface area contributed by atoms with E-state index in [1.807, 2.05) is 0 Å². The zero-order chi connectivity index (χ0) is 97.4. The molecule has 0 saturated heterocycles. The SMILES string of the molecule is C(=C(c1ccc(OCCCCCCCCCCCCc2cccc3c2[nH]c2ccccc23)cc1)c1ccc(OCCCCCCCCCCCCc2cccc3c2[nH]c2ccccc23)cc1)c1ccc(-c2ccc(C=C(c3ccc(OCCCCCCCCCCCCc4cccc5c4[nH]c4ccccc45)cc3)c3ccc(OCCCCCCCCCCCCc4cccc5c4[nH]c4ccccc45)cc3)cc2)cc1. The van der Waals surface area contributed by atoms with Gasteiger partial charge in [0.1, 0.15) is 23.0 Å². The Morgan fingerprint density at radius 3 is 0.569 bits per heavy atom. The molecule has 18 aromatic rings. The highest BCUT2D eigenvalue weighted by molar-refractivity contribution is 6.11. The zero-order valence-corrected chi connectivity index (χ0v) is 85.8. The molecule has 0 aliphatic carbocycles. The Morgan fingerprint density at radius 2 is 0.354 bits per heavy atom. The second kappa shape index (κ2) is 54.6. The maximum absolute atomic E-state index is 6.43. The van der Waals surface area contributed by atoms with Crippen LogP contribution < -0.4 is 18.9 Å². The van der Waals surface area contributed by atoms with Gasteiger partial charge in [-0.1, -0.05) is 448 Å². The maximum atomic E-state index is 6.43. The first kappa shape index (κ1) is 101. The zero-order valence-electron chi connectivity index (χ0n) is 85.8. The van der Waals surface area contributed by atoms with Gasteiger partial charge in [0, 0.05) is 87.2 Å². The molecule has 0 spiro atoms. The first-order valence-electron chi connectivity index (χ1n) is 56.0. The van der Waals surface area contributed by atoms with Crippen LogP contribution in [0.1, 0.15) is 312 Å². The number of hydrogen-bond donors (Lipinski definition) is 4. The molecule has 4 aromatic heterocycles. The van der Waals surface area contributed by atoms with Crippen molar-refractivity contribution in [2.75, 3.05) is 26.4 Å². The van der Waals surface area contributed by atoms with E-state index in [4.69, 9.17) is 18.9 Å². The molecule has 0 amide bonds. The highest BCUT2D eigenvalue weighted by Gasteiger charge is 2.18. The molecule has 0 unspecified atom stereocenters. The maximum Gasteiger partial charge on any atom is 0.119 e. The molecule has 0 bridgehead atoms. The summed E-state index contributed by atoms with van der Waals surface area (Å²) in [5, 5.41) is 10.7. The minimum absolute atomic E-state index is 0.734. The lowest BCUT2D eigenvalue weighted by molar-refractivity contribution is 0.304. The Bertz CT molecular complexity index is 6210. The van der Waals surface area contributed by atoms with Gasteiger partial charge in [0.25, 0.3) is 0 Å². The first-order chi connectivity index (χ1) is 71.5. The van der Waals surface area contributed by atoms with Gasteiger partial charge in [-0.05, 0) is 240 Å². The van der Waals surface area contributed by atoms with Crippen LogP contribution in [-0.4, -0.2) is 46.4 Å². The van der Waals surface area contributed by atoms with Gasteiger partial charge in [0.05, 0.1) is 26.4 Å². The summed E-state index contributed by atoms with van der Waals surface area (Å²) in [4.78, 5) is 14.8. The summed E-state index contributed by atoms with van der Waals surface area (Å²) in [6, 6.07) is 115. The van der Waals surface area contributed by atoms with Gasteiger partial charge in [-0.3, -0.25) is 0 Å². The lowest BCUT2D eigenvalue weighted by atomic mass is 9.94. The summed E-state index contributed by atoms with van der Waals surface area (Å²) in [6.45, 7) is 2.93. The van der Waals surface area contributed by atoms with Crippen LogP contribution >= 0.6 is 0 Å². The van der Waals surface area contributed by atoms with Gasteiger partial charge in [-0.25, -0.2) is 0 Å². The lowest BCUT2D eigenvalue weighted by Crippen LogP contribution is -1.98. The van der Waals surface area contributed by atoms with Gasteiger partial charge in [-0.15, -0.1) is 0 Å². The molecule has 18 rings (SSSR count). The molecule has 0 saturated carbocycles. The fourth-order valence-corrected chi connectivity index (χ4v) is 22.1. The van der Waals surface area contributed by atoms with Gasteiger partial charge < -0.3 is 38.9 Å². The molecule has 4 heterocycles. The third-order valence-electron chi connectivity index (χ3n) is 30.4. The largest absolute Gasteiger partial charge is 0.494 e. The fraction of sp³-hybridized carbons (Fsp3) is 0.353. The molecule has 0 aliphatic heterocycles. The average Bonchev–Trinajstić information content (AvgIpc) is 1.66. The molecule has 0 aliphatic rings. The van der Waals surface area contributed by atoms with Gasteiger partial charge >= 0.3 is 0 Å². The molecule has 742 valence electrons. The number of benzene rings is 14. The number of aryl methyl sites for hydroxylation is 4.